The van der Waals surface area contributed by atoms with Crippen LogP contribution >= 0.6 is 12.2 Å². The van der Waals surface area contributed by atoms with Crippen LogP contribution in [-0.2, 0) is 7.05 Å². The predicted molar refractivity (Wildman–Crippen MR) is 97.8 cm³/mol. The third-order valence-corrected chi connectivity index (χ3v) is 5.76. The van der Waals surface area contributed by atoms with E-state index in [1.165, 1.54) is 11.0 Å². The average molecular weight is 345 g/mol. The summed E-state index contributed by atoms with van der Waals surface area (Å²) in [6, 6.07) is 5.30. The van der Waals surface area contributed by atoms with Gasteiger partial charge in [0.05, 0.1) is 10.9 Å². The summed E-state index contributed by atoms with van der Waals surface area (Å²) < 4.78 is 1.74. The summed E-state index contributed by atoms with van der Waals surface area (Å²) in [4.78, 5) is 27.8. The molecular formula is C18H23N3O2S. The van der Waals surface area contributed by atoms with Crippen molar-refractivity contribution in [2.45, 2.75) is 39.2 Å². The monoisotopic (exact) mass is 345 g/mol. The number of amides is 1. The van der Waals surface area contributed by atoms with Crippen molar-refractivity contribution in [3.8, 4) is 0 Å². The lowest BCUT2D eigenvalue weighted by atomic mass is 9.78. The summed E-state index contributed by atoms with van der Waals surface area (Å²) in [5.74, 6) is 1.00. The highest BCUT2D eigenvalue weighted by Gasteiger charge is 2.28. The normalized spacial score (nSPS) is 24.0. The Labute approximate surface area is 146 Å². The minimum absolute atomic E-state index is 0.0946. The lowest BCUT2D eigenvalue weighted by molar-refractivity contribution is 0.0891. The van der Waals surface area contributed by atoms with Gasteiger partial charge in [0.15, 0.2) is 4.77 Å². The Hall–Kier alpha value is -1.95. The summed E-state index contributed by atoms with van der Waals surface area (Å²) in [5.41, 5.74) is 0.989. The molecule has 3 rings (SSSR count). The Morgan fingerprint density at radius 3 is 2.83 bits per heavy atom. The van der Waals surface area contributed by atoms with Crippen molar-refractivity contribution in [3.63, 3.8) is 0 Å². The highest BCUT2D eigenvalue weighted by atomic mass is 32.1. The fraction of sp³-hybridized carbons (Fsp3) is 0.500. The highest BCUT2D eigenvalue weighted by Crippen LogP contribution is 2.29. The van der Waals surface area contributed by atoms with E-state index in [9.17, 15) is 9.59 Å². The van der Waals surface area contributed by atoms with Crippen molar-refractivity contribution in [2.75, 3.05) is 0 Å². The molecule has 1 aliphatic rings. The lowest BCUT2D eigenvalue weighted by Gasteiger charge is -2.34. The zero-order valence-electron chi connectivity index (χ0n) is 14.3. The maximum atomic E-state index is 12.6. The number of nitrogens with zero attached hydrogens (tertiary/aromatic N) is 1. The highest BCUT2D eigenvalue weighted by molar-refractivity contribution is 7.71. The van der Waals surface area contributed by atoms with Gasteiger partial charge in [0.1, 0.15) is 0 Å². The molecule has 6 heteroatoms. The number of H-pyrrole nitrogens is 1. The first kappa shape index (κ1) is 16.9. The maximum absolute atomic E-state index is 12.6. The molecule has 1 aromatic carbocycles. The largest absolute Gasteiger partial charge is 0.349 e. The topological polar surface area (TPSA) is 66.9 Å². The number of carbonyl (C=O) groups excluding carboxylic acids is 1. The third kappa shape index (κ3) is 3.02. The molecule has 5 nitrogen and oxygen atoms in total. The van der Waals surface area contributed by atoms with Gasteiger partial charge >= 0.3 is 0 Å². The van der Waals surface area contributed by atoms with E-state index >= 15 is 0 Å². The fourth-order valence-corrected chi connectivity index (χ4v) is 3.68. The molecule has 0 bridgehead atoms. The molecule has 0 radical (unpaired) electrons. The fourth-order valence-electron chi connectivity index (χ4n) is 3.48. The second-order valence-corrected chi connectivity index (χ2v) is 7.29. The summed E-state index contributed by atoms with van der Waals surface area (Å²) in [7, 11) is 1.63. The molecule has 1 heterocycles. The van der Waals surface area contributed by atoms with Gasteiger partial charge in [-0.1, -0.05) is 26.7 Å². The zero-order chi connectivity index (χ0) is 17.4. The SMILES string of the molecule is C[C@@H]1[C@H](C)CCC[C@H]1NC(=O)c1ccc2c(=O)n(C)c(=S)[nH]c2c1. The first-order chi connectivity index (χ1) is 11.4. The Kier molecular flexibility index (Phi) is 4.58. The molecule has 24 heavy (non-hydrogen) atoms. The van der Waals surface area contributed by atoms with Crippen LogP contribution in [0.1, 0.15) is 43.5 Å². The van der Waals surface area contributed by atoms with Crippen LogP contribution < -0.4 is 10.9 Å². The molecule has 3 atom stereocenters. The average Bonchev–Trinajstić information content (AvgIpc) is 2.56. The van der Waals surface area contributed by atoms with E-state index in [1.807, 2.05) is 0 Å². The molecule has 1 fully saturated rings. The van der Waals surface area contributed by atoms with E-state index in [1.54, 1.807) is 25.2 Å². The van der Waals surface area contributed by atoms with E-state index in [4.69, 9.17) is 12.2 Å². The third-order valence-electron chi connectivity index (χ3n) is 5.39. The van der Waals surface area contributed by atoms with Gasteiger partial charge in [0.25, 0.3) is 11.5 Å². The Balaban J connectivity index is 1.89. The van der Waals surface area contributed by atoms with Gasteiger partial charge in [-0.05, 0) is 48.7 Å². The molecule has 0 unspecified atom stereocenters. The molecule has 1 aliphatic carbocycles. The van der Waals surface area contributed by atoms with E-state index in [-0.39, 0.29) is 17.5 Å². The number of aromatic amines is 1. The van der Waals surface area contributed by atoms with Crippen molar-refractivity contribution < 1.29 is 4.79 Å². The Morgan fingerprint density at radius 2 is 2.08 bits per heavy atom. The molecule has 1 saturated carbocycles. The molecule has 2 aromatic rings. The van der Waals surface area contributed by atoms with E-state index in [0.29, 0.717) is 33.1 Å². The maximum Gasteiger partial charge on any atom is 0.261 e. The number of aromatic nitrogens is 2. The number of carbonyl (C=O) groups is 1. The Morgan fingerprint density at radius 1 is 1.33 bits per heavy atom. The van der Waals surface area contributed by atoms with Crippen LogP contribution in [0.5, 0.6) is 0 Å². The van der Waals surface area contributed by atoms with Crippen LogP contribution in [0.15, 0.2) is 23.0 Å². The summed E-state index contributed by atoms with van der Waals surface area (Å²) >= 11 is 5.14. The smallest absolute Gasteiger partial charge is 0.261 e. The van der Waals surface area contributed by atoms with Gasteiger partial charge in [-0.15, -0.1) is 0 Å². The zero-order valence-corrected chi connectivity index (χ0v) is 15.1. The van der Waals surface area contributed by atoms with E-state index in [2.05, 4.69) is 24.1 Å². The van der Waals surface area contributed by atoms with Gasteiger partial charge in [-0.3, -0.25) is 14.2 Å². The van der Waals surface area contributed by atoms with E-state index < -0.39 is 0 Å². The van der Waals surface area contributed by atoms with Crippen molar-refractivity contribution in [3.05, 3.63) is 38.9 Å². The lowest BCUT2D eigenvalue weighted by Crippen LogP contribution is -2.43. The minimum atomic E-state index is -0.157. The number of fused-ring (bicyclic) bond motifs is 1. The quantitative estimate of drug-likeness (QED) is 0.822. The number of rotatable bonds is 2. The standard InChI is InChI=1S/C18H23N3O2S/c1-10-5-4-6-14(11(10)2)19-16(22)12-7-8-13-15(9-12)20-18(24)21(3)17(13)23/h7-11,14H,4-6H2,1-3H3,(H,19,22)(H,20,24)/t10-,11-,14-/m1/s1. The predicted octanol–water partition coefficient (Wildman–Crippen LogP) is 3.15. The first-order valence-corrected chi connectivity index (χ1v) is 8.83. The first-order valence-electron chi connectivity index (χ1n) is 8.42. The van der Waals surface area contributed by atoms with Crippen LogP contribution in [0.4, 0.5) is 0 Å². The second-order valence-electron chi connectivity index (χ2n) is 6.90. The second kappa shape index (κ2) is 6.51. The molecule has 0 saturated heterocycles. The molecule has 2 N–H and O–H groups in total. The van der Waals surface area contributed by atoms with Crippen molar-refractivity contribution >= 4 is 29.0 Å². The van der Waals surface area contributed by atoms with Gasteiger partial charge in [-0.2, -0.15) is 0 Å². The molecular weight excluding hydrogens is 322 g/mol. The van der Waals surface area contributed by atoms with E-state index in [0.717, 1.165) is 12.8 Å². The van der Waals surface area contributed by atoms with Crippen molar-refractivity contribution in [1.82, 2.24) is 14.9 Å². The van der Waals surface area contributed by atoms with Crippen LogP contribution in [0.2, 0.25) is 0 Å². The van der Waals surface area contributed by atoms with Gasteiger partial charge in [0.2, 0.25) is 0 Å². The summed E-state index contributed by atoms with van der Waals surface area (Å²) in [6.07, 6.45) is 3.40. The van der Waals surface area contributed by atoms with Gasteiger partial charge < -0.3 is 10.3 Å². The minimum Gasteiger partial charge on any atom is -0.349 e. The van der Waals surface area contributed by atoms with Gasteiger partial charge in [-0.25, -0.2) is 0 Å². The van der Waals surface area contributed by atoms with Crippen LogP contribution in [0, 0.1) is 16.6 Å². The number of hydrogen-bond acceptors (Lipinski definition) is 3. The number of nitrogens with one attached hydrogen (secondary N) is 2. The number of hydrogen-bond donors (Lipinski definition) is 2. The van der Waals surface area contributed by atoms with Crippen LogP contribution in [-0.4, -0.2) is 21.5 Å². The summed E-state index contributed by atoms with van der Waals surface area (Å²) in [6.45, 7) is 4.45. The number of benzene rings is 1. The molecule has 128 valence electrons. The Bertz CT molecular complexity index is 899. The summed E-state index contributed by atoms with van der Waals surface area (Å²) in [5, 5.41) is 3.69. The van der Waals surface area contributed by atoms with Crippen LogP contribution in [0.25, 0.3) is 10.9 Å². The van der Waals surface area contributed by atoms with Crippen LogP contribution in [0.3, 0.4) is 0 Å². The van der Waals surface area contributed by atoms with Gasteiger partial charge in [0, 0.05) is 18.7 Å². The molecule has 0 spiro atoms. The van der Waals surface area contributed by atoms with Crippen molar-refractivity contribution in [1.29, 1.82) is 0 Å². The molecule has 1 aromatic heterocycles. The molecule has 1 amide bonds. The van der Waals surface area contributed by atoms with Crippen molar-refractivity contribution in [2.24, 2.45) is 18.9 Å². The molecule has 0 aliphatic heterocycles.